The van der Waals surface area contributed by atoms with E-state index in [1.54, 1.807) is 0 Å². The highest BCUT2D eigenvalue weighted by Gasteiger charge is 2.23. The number of hydrogen-bond acceptors (Lipinski definition) is 0. The minimum absolute atomic E-state index is 0.113. The summed E-state index contributed by atoms with van der Waals surface area (Å²) in [6.07, 6.45) is 4.28. The summed E-state index contributed by atoms with van der Waals surface area (Å²) in [5, 5.41) is 2.47. The monoisotopic (exact) mass is 556 g/mol. The number of hydrogen-bond donors (Lipinski definition) is 2. The van der Waals surface area contributed by atoms with Crippen LogP contribution in [0.3, 0.4) is 0 Å². The van der Waals surface area contributed by atoms with Crippen molar-refractivity contribution in [1.29, 1.82) is 0 Å². The summed E-state index contributed by atoms with van der Waals surface area (Å²) >= 11 is 10.8. The average Bonchev–Trinajstić information content (AvgIpc) is 3.26. The summed E-state index contributed by atoms with van der Waals surface area (Å²) in [6, 6.07) is 21.4. The summed E-state index contributed by atoms with van der Waals surface area (Å²) in [7, 11) is 0. The highest BCUT2D eigenvalue weighted by atomic mass is 79.9. The van der Waals surface area contributed by atoms with Crippen molar-refractivity contribution in [2.24, 2.45) is 0 Å². The lowest BCUT2D eigenvalue weighted by molar-refractivity contribution is 0.996. The second-order valence-corrected chi connectivity index (χ2v) is 9.60. The Morgan fingerprint density at radius 3 is 1.68 bits per heavy atom. The number of nitrogens with one attached hydrogen (secondary N) is 2. The van der Waals surface area contributed by atoms with Crippen LogP contribution >= 0.6 is 47.8 Å². The summed E-state index contributed by atoms with van der Waals surface area (Å²) in [4.78, 5) is 6.91. The van der Waals surface area contributed by atoms with Gasteiger partial charge in [0.05, 0.1) is 0 Å². The molecule has 5 rings (SSSR count). The Bertz CT molecular complexity index is 1240. The zero-order valence-corrected chi connectivity index (χ0v) is 19.4. The molecule has 0 spiro atoms. The SMILES string of the molecule is Brc1cccc(C(c2c[nH]c3cc(Br)ccc23)c2c[nH]c3cc(Br)ccc23)c1. The Labute approximate surface area is 187 Å². The lowest BCUT2D eigenvalue weighted by Gasteiger charge is -2.18. The van der Waals surface area contributed by atoms with Crippen LogP contribution in [-0.4, -0.2) is 9.97 Å². The molecule has 0 fully saturated rings. The number of benzene rings is 3. The van der Waals surface area contributed by atoms with E-state index < -0.39 is 0 Å². The van der Waals surface area contributed by atoms with Crippen molar-refractivity contribution in [3.8, 4) is 0 Å². The normalized spacial score (nSPS) is 11.7. The molecule has 0 amide bonds. The molecule has 2 aromatic heterocycles. The molecule has 28 heavy (non-hydrogen) atoms. The van der Waals surface area contributed by atoms with Gasteiger partial charge in [0, 0.05) is 53.5 Å². The molecule has 5 heteroatoms. The predicted octanol–water partition coefficient (Wildman–Crippen LogP) is 8.12. The smallest absolute Gasteiger partial charge is 0.0468 e. The summed E-state index contributed by atoms with van der Waals surface area (Å²) in [5.41, 5.74) is 6.05. The third kappa shape index (κ3) is 3.15. The molecule has 2 N–H and O–H groups in total. The summed E-state index contributed by atoms with van der Waals surface area (Å²) in [5.74, 6) is 0.113. The third-order valence-corrected chi connectivity index (χ3v) is 6.64. The van der Waals surface area contributed by atoms with Gasteiger partial charge in [0.2, 0.25) is 0 Å². The van der Waals surface area contributed by atoms with Crippen LogP contribution in [-0.2, 0) is 0 Å². The molecule has 0 radical (unpaired) electrons. The van der Waals surface area contributed by atoms with Gasteiger partial charge in [-0.2, -0.15) is 0 Å². The zero-order chi connectivity index (χ0) is 19.3. The molecule has 0 atom stereocenters. The van der Waals surface area contributed by atoms with Crippen molar-refractivity contribution in [3.63, 3.8) is 0 Å². The highest BCUT2D eigenvalue weighted by Crippen LogP contribution is 2.40. The van der Waals surface area contributed by atoms with Crippen LogP contribution in [0, 0.1) is 0 Å². The Morgan fingerprint density at radius 1 is 0.607 bits per heavy atom. The molecule has 3 aromatic carbocycles. The third-order valence-electron chi connectivity index (χ3n) is 5.16. The number of rotatable bonds is 3. The van der Waals surface area contributed by atoms with E-state index in [9.17, 15) is 0 Å². The van der Waals surface area contributed by atoms with Gasteiger partial charge >= 0.3 is 0 Å². The van der Waals surface area contributed by atoms with E-state index in [0.29, 0.717) is 0 Å². The van der Waals surface area contributed by atoms with E-state index in [0.717, 1.165) is 24.5 Å². The van der Waals surface area contributed by atoms with Crippen LogP contribution in [0.5, 0.6) is 0 Å². The van der Waals surface area contributed by atoms with Crippen LogP contribution in [0.15, 0.2) is 86.5 Å². The fraction of sp³-hybridized carbons (Fsp3) is 0.0435. The molecular weight excluding hydrogens is 544 g/mol. The summed E-state index contributed by atoms with van der Waals surface area (Å²) < 4.78 is 3.23. The molecule has 2 nitrogen and oxygen atoms in total. The van der Waals surface area contributed by atoms with Crippen LogP contribution in [0.2, 0.25) is 0 Å². The second kappa shape index (κ2) is 7.21. The van der Waals surface area contributed by atoms with Crippen molar-refractivity contribution in [2.75, 3.05) is 0 Å². The maximum absolute atomic E-state index is 3.65. The van der Waals surface area contributed by atoms with Gasteiger partial charge in [-0.05, 0) is 53.1 Å². The van der Waals surface area contributed by atoms with Crippen LogP contribution < -0.4 is 0 Å². The molecule has 0 saturated heterocycles. The molecule has 0 bridgehead atoms. The van der Waals surface area contributed by atoms with E-state index in [1.165, 1.54) is 27.5 Å². The predicted molar refractivity (Wildman–Crippen MR) is 127 cm³/mol. The molecular formula is C23H15Br3N2. The minimum atomic E-state index is 0.113. The zero-order valence-electron chi connectivity index (χ0n) is 14.6. The Morgan fingerprint density at radius 2 is 1.14 bits per heavy atom. The average molecular weight is 559 g/mol. The number of fused-ring (bicyclic) bond motifs is 2. The maximum Gasteiger partial charge on any atom is 0.0468 e. The first-order valence-electron chi connectivity index (χ1n) is 8.89. The van der Waals surface area contributed by atoms with Gasteiger partial charge in [0.1, 0.15) is 0 Å². The number of H-pyrrole nitrogens is 2. The molecule has 0 saturated carbocycles. The number of halogens is 3. The van der Waals surface area contributed by atoms with Gasteiger partial charge in [-0.25, -0.2) is 0 Å². The van der Waals surface area contributed by atoms with Gasteiger partial charge in [-0.1, -0.05) is 72.1 Å². The van der Waals surface area contributed by atoms with E-state index in [4.69, 9.17) is 0 Å². The standard InChI is InChI=1S/C23H15Br3N2/c24-14-3-1-2-13(8-14)23(19-11-27-21-9-15(25)4-6-17(19)21)20-12-28-22-10-16(26)5-7-18(20)22/h1-12,23,27-28H. The van der Waals surface area contributed by atoms with Gasteiger partial charge in [-0.15, -0.1) is 0 Å². The van der Waals surface area contributed by atoms with Crippen LogP contribution in [0.1, 0.15) is 22.6 Å². The highest BCUT2D eigenvalue weighted by molar-refractivity contribution is 9.11. The van der Waals surface area contributed by atoms with Crippen LogP contribution in [0.4, 0.5) is 0 Å². The van der Waals surface area contributed by atoms with Crippen molar-refractivity contribution < 1.29 is 0 Å². The molecule has 138 valence electrons. The fourth-order valence-electron chi connectivity index (χ4n) is 3.93. The van der Waals surface area contributed by atoms with Crippen LogP contribution in [0.25, 0.3) is 21.8 Å². The quantitative estimate of drug-likeness (QED) is 0.224. The molecule has 0 aliphatic rings. The van der Waals surface area contributed by atoms with Crippen molar-refractivity contribution in [1.82, 2.24) is 9.97 Å². The van der Waals surface area contributed by atoms with Gasteiger partial charge < -0.3 is 9.97 Å². The summed E-state index contributed by atoms with van der Waals surface area (Å²) in [6.45, 7) is 0. The van der Waals surface area contributed by atoms with Gasteiger partial charge in [0.15, 0.2) is 0 Å². The molecule has 0 aliphatic heterocycles. The first-order chi connectivity index (χ1) is 13.6. The number of aromatic amines is 2. The Hall–Kier alpha value is -1.82. The van der Waals surface area contributed by atoms with Crippen molar-refractivity contribution in [2.45, 2.75) is 5.92 Å². The second-order valence-electron chi connectivity index (χ2n) is 6.86. The van der Waals surface area contributed by atoms with Gasteiger partial charge in [0.25, 0.3) is 0 Å². The first-order valence-corrected chi connectivity index (χ1v) is 11.3. The van der Waals surface area contributed by atoms with E-state index in [-0.39, 0.29) is 5.92 Å². The lowest BCUT2D eigenvalue weighted by Crippen LogP contribution is -2.02. The Kier molecular flexibility index (Phi) is 4.69. The molecule has 0 unspecified atom stereocenters. The minimum Gasteiger partial charge on any atom is -0.361 e. The fourth-order valence-corrected chi connectivity index (χ4v) is 5.07. The Balaban J connectivity index is 1.79. The van der Waals surface area contributed by atoms with E-state index in [2.05, 4.69) is 131 Å². The lowest BCUT2D eigenvalue weighted by atomic mass is 9.85. The topological polar surface area (TPSA) is 31.6 Å². The van der Waals surface area contributed by atoms with E-state index in [1.807, 2.05) is 0 Å². The largest absolute Gasteiger partial charge is 0.361 e. The van der Waals surface area contributed by atoms with Gasteiger partial charge in [-0.3, -0.25) is 0 Å². The number of aromatic nitrogens is 2. The first kappa shape index (κ1) is 18.2. The molecule has 5 aromatic rings. The molecule has 2 heterocycles. The van der Waals surface area contributed by atoms with Crippen molar-refractivity contribution in [3.05, 3.63) is 103 Å². The van der Waals surface area contributed by atoms with E-state index >= 15 is 0 Å². The molecule has 0 aliphatic carbocycles. The maximum atomic E-state index is 3.65. The van der Waals surface area contributed by atoms with Crippen molar-refractivity contribution >= 4 is 69.6 Å².